The third-order valence-corrected chi connectivity index (χ3v) is 30.1. The summed E-state index contributed by atoms with van der Waals surface area (Å²) in [4.78, 5) is 63.2. The topological polar surface area (TPSA) is 104 Å². The molecule has 0 atom stereocenters. The van der Waals surface area contributed by atoms with Crippen molar-refractivity contribution < 1.29 is 19.8 Å². The molecule has 8 nitrogen and oxygen atoms in total. The number of hydrogen-bond acceptors (Lipinski definition) is 12. The lowest BCUT2D eigenvalue weighted by Gasteiger charge is -2.33. The Morgan fingerprint density at radius 3 is 1.22 bits per heavy atom. The summed E-state index contributed by atoms with van der Waals surface area (Å²) in [5.41, 5.74) is 11.2. The number of aromatic nitrogens is 1. The Hall–Kier alpha value is -5.61. The van der Waals surface area contributed by atoms with E-state index in [1.54, 1.807) is 11.3 Å². The van der Waals surface area contributed by atoms with Crippen molar-refractivity contribution in [1.82, 2.24) is 4.57 Å². The Bertz CT molecular complexity index is 4470. The molecular weight excluding hydrogens is 1420 g/mol. The molecule has 103 heavy (non-hydrogen) atoms. The van der Waals surface area contributed by atoms with Crippen LogP contribution in [-0.2, 0) is 54.7 Å². The molecule has 0 radical (unpaired) electrons. The molecule has 0 saturated carbocycles. The number of benzene rings is 2. The number of carbonyl (C=O) groups is 2. The summed E-state index contributed by atoms with van der Waals surface area (Å²) >= 11 is 14.6. The molecule has 0 bridgehead atoms. The van der Waals surface area contributed by atoms with Gasteiger partial charge in [-0.1, -0.05) is 213 Å². The fourth-order valence-electron chi connectivity index (χ4n) is 14.2. The van der Waals surface area contributed by atoms with Crippen LogP contribution in [0.1, 0.15) is 267 Å². The van der Waals surface area contributed by atoms with Gasteiger partial charge in [0.15, 0.2) is 0 Å². The first-order valence-corrected chi connectivity index (χ1v) is 45.6. The highest BCUT2D eigenvalue weighted by Gasteiger charge is 2.28. The number of carboxylic acid groups (broad SMARTS) is 2. The van der Waals surface area contributed by atoms with Gasteiger partial charge in [-0.15, -0.1) is 79.4 Å². The predicted octanol–water partition coefficient (Wildman–Crippen LogP) is 27.2. The van der Waals surface area contributed by atoms with Gasteiger partial charge in [0.2, 0.25) is 0 Å². The number of unbranched alkanes of at least 4 members (excludes halogenated alkanes) is 21. The van der Waals surface area contributed by atoms with Crippen molar-refractivity contribution in [2.45, 2.75) is 283 Å². The first-order valence-electron chi connectivity index (χ1n) is 39.1. The van der Waals surface area contributed by atoms with Gasteiger partial charge in [-0.25, -0.2) is 4.85 Å². The molecule has 8 heterocycles. The van der Waals surface area contributed by atoms with Crippen molar-refractivity contribution >= 4 is 126 Å². The lowest BCUT2D eigenvalue weighted by atomic mass is 10.0. The van der Waals surface area contributed by atoms with E-state index in [1.165, 1.54) is 232 Å². The Morgan fingerprint density at radius 2 is 0.806 bits per heavy atom. The summed E-state index contributed by atoms with van der Waals surface area (Å²) in [7, 11) is 0. The smallest absolute Gasteiger partial charge is 0.336 e. The van der Waals surface area contributed by atoms with Crippen LogP contribution in [0.5, 0.6) is 0 Å². The van der Waals surface area contributed by atoms with Gasteiger partial charge >= 0.3 is 17.6 Å². The van der Waals surface area contributed by atoms with Crippen molar-refractivity contribution in [3.8, 4) is 59.2 Å². The van der Waals surface area contributed by atoms with Crippen molar-refractivity contribution in [1.29, 1.82) is 0 Å². The molecule has 0 aliphatic carbocycles. The number of fused-ring (bicyclic) bond motifs is 2. The molecule has 1 aliphatic rings. The minimum absolute atomic E-state index is 0.149. The number of rotatable bonds is 45. The molecule has 16 heteroatoms. The van der Waals surface area contributed by atoms with Crippen LogP contribution in [0, 0.1) is 6.57 Å². The number of hydrogen-bond donors (Lipinski definition) is 2. The average Bonchev–Trinajstić information content (AvgIpc) is 1.47. The fraction of sp³-hybridized carbons (Fsp3) is 0.494. The van der Waals surface area contributed by atoms with Gasteiger partial charge in [-0.2, -0.15) is 0 Å². The molecule has 1 aliphatic heterocycles. The Morgan fingerprint density at radius 1 is 0.427 bits per heavy atom. The van der Waals surface area contributed by atoms with Gasteiger partial charge in [0.05, 0.1) is 22.5 Å². The second kappa shape index (κ2) is 40.9. The van der Waals surface area contributed by atoms with Crippen molar-refractivity contribution in [3.63, 3.8) is 0 Å². The van der Waals surface area contributed by atoms with Gasteiger partial charge in [-0.05, 0) is 189 Å². The van der Waals surface area contributed by atoms with Gasteiger partial charge in [0.1, 0.15) is 11.2 Å². The summed E-state index contributed by atoms with van der Waals surface area (Å²) < 4.78 is 1.01. The molecular formula is C87H109N3O5S8. The van der Waals surface area contributed by atoms with E-state index in [1.807, 2.05) is 51.8 Å². The van der Waals surface area contributed by atoms with E-state index in [9.17, 15) is 24.6 Å². The molecule has 0 fully saturated rings. The number of aliphatic carboxylic acids is 2. The normalized spacial score (nSPS) is 12.6. The maximum atomic E-state index is 14.2. The first kappa shape index (κ1) is 79.9. The Labute approximate surface area is 646 Å². The summed E-state index contributed by atoms with van der Waals surface area (Å²) in [6.07, 6.45) is 41.2. The predicted molar refractivity (Wildman–Crippen MR) is 452 cm³/mol. The summed E-state index contributed by atoms with van der Waals surface area (Å²) in [5.74, 6) is -2.77. The number of anilines is 2. The molecule has 0 saturated heterocycles. The number of para-hydroxylation sites is 1. The molecule has 550 valence electrons. The quantitative estimate of drug-likeness (QED) is 0.0289. The van der Waals surface area contributed by atoms with E-state index >= 15 is 0 Å². The zero-order valence-electron chi connectivity index (χ0n) is 62.3. The average molecular weight is 1530 g/mol. The highest BCUT2D eigenvalue weighted by Crippen LogP contribution is 2.54. The first-order chi connectivity index (χ1) is 50.3. The van der Waals surface area contributed by atoms with E-state index < -0.39 is 29.7 Å². The fourth-order valence-corrected chi connectivity index (χ4v) is 24.4. The lowest BCUT2D eigenvalue weighted by Crippen LogP contribution is -2.35. The molecule has 0 spiro atoms. The number of carboxylic acids is 2. The molecule has 2 N–H and O–H groups in total. The number of aryl methyl sites for hydroxylation is 6. The lowest BCUT2D eigenvalue weighted by molar-refractivity contribution is -0.138. The van der Waals surface area contributed by atoms with Crippen LogP contribution < -0.4 is 19.7 Å². The van der Waals surface area contributed by atoms with Gasteiger partial charge in [-0.3, -0.25) is 19.0 Å². The second-order valence-electron chi connectivity index (χ2n) is 28.1. The van der Waals surface area contributed by atoms with Crippen LogP contribution in [0.15, 0.2) is 93.4 Å². The van der Waals surface area contributed by atoms with Crippen molar-refractivity contribution in [3.05, 3.63) is 148 Å². The number of thiophene rings is 6. The molecule has 0 amide bonds. The van der Waals surface area contributed by atoms with Crippen LogP contribution in [0.4, 0.5) is 11.4 Å². The molecule has 2 aromatic carbocycles. The maximum absolute atomic E-state index is 14.2. The van der Waals surface area contributed by atoms with Crippen LogP contribution in [0.25, 0.3) is 75.8 Å². The molecule has 10 rings (SSSR count). The van der Waals surface area contributed by atoms with Crippen LogP contribution in [0.2, 0.25) is 0 Å². The molecule has 7 aromatic heterocycles. The van der Waals surface area contributed by atoms with E-state index in [-0.39, 0.29) is 9.20 Å². The van der Waals surface area contributed by atoms with Crippen molar-refractivity contribution in [2.24, 2.45) is 0 Å². The van der Waals surface area contributed by atoms with E-state index in [0.717, 1.165) is 128 Å². The van der Waals surface area contributed by atoms with Crippen LogP contribution in [0.3, 0.4) is 0 Å². The summed E-state index contributed by atoms with van der Waals surface area (Å²) in [6.45, 7) is 24.1. The minimum Gasteiger partial charge on any atom is -0.486 e. The SMILES string of the molecule is [C-]#[N+]/C(C(=O)O)=c1\sc(=Cc2sc(-c3sc(-c4sc(-c5sc(-c6sc(-c7sc(-c8ccc9c(c8)Sc8ccccc8N9CCCCCC)cc7CCCCCC)cc6CCCCCC)cc5CCCCCC)cc4CCCCCC)cc3CCCCCC)cc2CCCCCC)c(=O)n1CC(=O)O. The third kappa shape index (κ3) is 21.0. The Balaban J connectivity index is 1.08. The molecule has 9 aromatic rings. The van der Waals surface area contributed by atoms with Crippen LogP contribution in [-0.4, -0.2) is 33.3 Å². The zero-order valence-corrected chi connectivity index (χ0v) is 68.8. The summed E-state index contributed by atoms with van der Waals surface area (Å²) in [6, 6.07) is 31.7. The third-order valence-electron chi connectivity index (χ3n) is 19.9. The maximum Gasteiger partial charge on any atom is 0.336 e. The second-order valence-corrected chi connectivity index (χ2v) is 36.6. The van der Waals surface area contributed by atoms with Gasteiger partial charge < -0.3 is 15.1 Å². The van der Waals surface area contributed by atoms with Gasteiger partial charge in [0, 0.05) is 74.9 Å². The van der Waals surface area contributed by atoms with Crippen LogP contribution >= 0.6 is 91.1 Å². The minimum atomic E-state index is -1.49. The Kier molecular flexibility index (Phi) is 31.8. The van der Waals surface area contributed by atoms with E-state index in [0.29, 0.717) is 0 Å². The van der Waals surface area contributed by atoms with Crippen molar-refractivity contribution in [2.75, 3.05) is 11.4 Å². The standard InChI is InChI=1S/C87H109N3O5S8/c1-9-16-23-30-39-59-51-72(97-70(59)57-77-85(93)90(58-78(91)92)86(103-77)79(88-8)87(94)95)80-62(41-32-25-18-11-3)53-74(99-80)82-64(43-34-27-20-13-5)55-76(101-82)84-65(44-35-28-21-14-6)56-75(102-84)83-63(42-33-26-19-12-4)54-73(100-83)81-61(40-31-24-17-10-2)52-69(98-81)60-47-48-67-71(50-60)96-68-46-37-36-45-66(68)89(67)49-38-29-22-15-7/h36-37,45-48,50-57H,9-35,38-44,49,58H2,1-7H3,(H,91,92)(H,94,95)/b77-57?,86-79-. The zero-order chi connectivity index (χ0) is 72.6. The largest absolute Gasteiger partial charge is 0.486 e. The monoisotopic (exact) mass is 1530 g/mol. The highest BCUT2D eigenvalue weighted by atomic mass is 32.2. The van der Waals surface area contributed by atoms with E-state index in [4.69, 9.17) is 6.57 Å². The molecule has 0 unspecified atom stereocenters. The van der Waals surface area contributed by atoms with Gasteiger partial charge in [0.25, 0.3) is 5.56 Å². The highest BCUT2D eigenvalue weighted by molar-refractivity contribution is 7.99. The summed E-state index contributed by atoms with van der Waals surface area (Å²) in [5, 5.41) is 19.9. The number of nitrogens with zero attached hydrogens (tertiary/aromatic N) is 3. The number of thiazole rings is 1. The van der Waals surface area contributed by atoms with E-state index in [2.05, 4.69) is 160 Å².